The number of aliphatic carboxylic acids is 1. The van der Waals surface area contributed by atoms with Gasteiger partial charge in [-0.3, -0.25) is 4.79 Å². The third-order valence-corrected chi connectivity index (χ3v) is 5.65. The van der Waals surface area contributed by atoms with Crippen molar-refractivity contribution in [3.8, 4) is 0 Å². The van der Waals surface area contributed by atoms with E-state index in [0.29, 0.717) is 10.6 Å². The van der Waals surface area contributed by atoms with Gasteiger partial charge in [0.05, 0.1) is 30.6 Å². The van der Waals surface area contributed by atoms with Crippen LogP contribution in [-0.4, -0.2) is 49.6 Å². The molecule has 2 rings (SSSR count). The number of aryl methyl sites for hydroxylation is 1. The zero-order chi connectivity index (χ0) is 15.6. The molecule has 0 bridgehead atoms. The lowest BCUT2D eigenvalue weighted by Crippen LogP contribution is -2.49. The summed E-state index contributed by atoms with van der Waals surface area (Å²) >= 11 is 5.84. The smallest absolute Gasteiger partial charge is 0.305 e. The van der Waals surface area contributed by atoms with Crippen LogP contribution in [0.15, 0.2) is 23.1 Å². The number of carboxylic acids is 1. The molecule has 21 heavy (non-hydrogen) atoms. The molecule has 0 spiro atoms. The maximum Gasteiger partial charge on any atom is 0.305 e. The summed E-state index contributed by atoms with van der Waals surface area (Å²) in [6, 6.07) is 3.83. The first kappa shape index (κ1) is 16.2. The number of benzene rings is 1. The molecule has 116 valence electrons. The van der Waals surface area contributed by atoms with E-state index in [9.17, 15) is 13.2 Å². The molecule has 0 aromatic heterocycles. The summed E-state index contributed by atoms with van der Waals surface area (Å²) in [4.78, 5) is 11.0. The Morgan fingerprint density at radius 1 is 1.52 bits per heavy atom. The molecule has 1 aromatic carbocycles. The average molecular weight is 334 g/mol. The van der Waals surface area contributed by atoms with Gasteiger partial charge in [-0.25, -0.2) is 8.42 Å². The number of hydrogen-bond donors (Lipinski definition) is 1. The second-order valence-corrected chi connectivity index (χ2v) is 7.15. The highest BCUT2D eigenvalue weighted by Gasteiger charge is 2.35. The molecule has 0 saturated carbocycles. The number of carbonyl (C=O) groups is 1. The van der Waals surface area contributed by atoms with Gasteiger partial charge in [-0.2, -0.15) is 4.31 Å². The highest BCUT2D eigenvalue weighted by molar-refractivity contribution is 7.89. The van der Waals surface area contributed by atoms with Gasteiger partial charge in [-0.1, -0.05) is 11.6 Å². The van der Waals surface area contributed by atoms with Gasteiger partial charge in [-0.05, 0) is 30.7 Å². The molecule has 1 saturated heterocycles. The van der Waals surface area contributed by atoms with Gasteiger partial charge in [0.1, 0.15) is 0 Å². The standard InChI is InChI=1S/C13H16ClNO5S/c1-9-6-10(14)2-3-12(9)21(18,19)15-4-5-20-8-11(15)7-13(16)17/h2-3,6,11H,4-5,7-8H2,1H3,(H,16,17). The minimum Gasteiger partial charge on any atom is -0.481 e. The Morgan fingerprint density at radius 3 is 2.86 bits per heavy atom. The lowest BCUT2D eigenvalue weighted by Gasteiger charge is -2.34. The molecule has 1 aliphatic heterocycles. The molecule has 1 unspecified atom stereocenters. The topological polar surface area (TPSA) is 83.9 Å². The minimum atomic E-state index is -3.77. The van der Waals surface area contributed by atoms with Gasteiger partial charge < -0.3 is 9.84 Å². The van der Waals surface area contributed by atoms with Crippen molar-refractivity contribution >= 4 is 27.6 Å². The Bertz CT molecular complexity index is 646. The SMILES string of the molecule is Cc1cc(Cl)ccc1S(=O)(=O)N1CCOCC1CC(=O)O. The van der Waals surface area contributed by atoms with Crippen LogP contribution in [0, 0.1) is 6.92 Å². The summed E-state index contributed by atoms with van der Waals surface area (Å²) < 4.78 is 31.9. The Labute approximate surface area is 128 Å². The van der Waals surface area contributed by atoms with E-state index in [0.717, 1.165) is 0 Å². The molecular weight excluding hydrogens is 318 g/mol. The van der Waals surface area contributed by atoms with E-state index in [1.165, 1.54) is 16.4 Å². The summed E-state index contributed by atoms with van der Waals surface area (Å²) in [6.45, 7) is 2.13. The van der Waals surface area contributed by atoms with Crippen LogP contribution >= 0.6 is 11.6 Å². The van der Waals surface area contributed by atoms with Crippen LogP contribution in [0.5, 0.6) is 0 Å². The normalized spacial score (nSPS) is 20.4. The van der Waals surface area contributed by atoms with E-state index >= 15 is 0 Å². The molecule has 1 fully saturated rings. The van der Waals surface area contributed by atoms with Crippen molar-refractivity contribution in [2.24, 2.45) is 0 Å². The minimum absolute atomic E-state index is 0.0815. The van der Waals surface area contributed by atoms with Gasteiger partial charge in [0, 0.05) is 11.6 Å². The third-order valence-electron chi connectivity index (χ3n) is 3.31. The lowest BCUT2D eigenvalue weighted by molar-refractivity contribution is -0.139. The van der Waals surface area contributed by atoms with Crippen molar-refractivity contribution in [3.63, 3.8) is 0 Å². The fraction of sp³-hybridized carbons (Fsp3) is 0.462. The first-order valence-electron chi connectivity index (χ1n) is 6.40. The molecule has 1 atom stereocenters. The molecule has 6 nitrogen and oxygen atoms in total. The van der Waals surface area contributed by atoms with Crippen LogP contribution in [0.2, 0.25) is 5.02 Å². The zero-order valence-corrected chi connectivity index (χ0v) is 13.0. The van der Waals surface area contributed by atoms with E-state index < -0.39 is 22.0 Å². The first-order chi connectivity index (χ1) is 9.82. The highest BCUT2D eigenvalue weighted by Crippen LogP contribution is 2.26. The maximum absolute atomic E-state index is 12.7. The number of nitrogens with zero attached hydrogens (tertiary/aromatic N) is 1. The van der Waals surface area contributed by atoms with Gasteiger partial charge in [0.25, 0.3) is 0 Å². The molecule has 1 N–H and O–H groups in total. The number of morpholine rings is 1. The van der Waals surface area contributed by atoms with Crippen molar-refractivity contribution in [2.75, 3.05) is 19.8 Å². The van der Waals surface area contributed by atoms with Crippen LogP contribution in [0.3, 0.4) is 0 Å². The van der Waals surface area contributed by atoms with E-state index in [4.69, 9.17) is 21.4 Å². The van der Waals surface area contributed by atoms with Crippen LogP contribution < -0.4 is 0 Å². The Morgan fingerprint density at radius 2 is 2.24 bits per heavy atom. The van der Waals surface area contributed by atoms with Gasteiger partial charge in [-0.15, -0.1) is 0 Å². The summed E-state index contributed by atoms with van der Waals surface area (Å²) in [5, 5.41) is 9.37. The number of sulfonamides is 1. The Balaban J connectivity index is 2.38. The fourth-order valence-electron chi connectivity index (χ4n) is 2.35. The summed E-state index contributed by atoms with van der Waals surface area (Å²) in [7, 11) is -3.77. The average Bonchev–Trinajstić information content (AvgIpc) is 2.37. The predicted octanol–water partition coefficient (Wildman–Crippen LogP) is 1.51. The Hall–Kier alpha value is -1.15. The first-order valence-corrected chi connectivity index (χ1v) is 8.21. The summed E-state index contributed by atoms with van der Waals surface area (Å²) in [5.74, 6) is -1.06. The molecule has 1 heterocycles. The molecule has 1 aliphatic rings. The fourth-order valence-corrected chi connectivity index (χ4v) is 4.37. The van der Waals surface area contributed by atoms with Crippen molar-refractivity contribution in [2.45, 2.75) is 24.3 Å². The number of rotatable bonds is 4. The summed E-state index contributed by atoms with van der Waals surface area (Å²) in [6.07, 6.45) is -0.286. The van der Waals surface area contributed by atoms with Gasteiger partial charge in [0.2, 0.25) is 10.0 Å². The third kappa shape index (κ3) is 3.55. The van der Waals surface area contributed by atoms with Crippen molar-refractivity contribution in [1.29, 1.82) is 0 Å². The van der Waals surface area contributed by atoms with Gasteiger partial charge in [0.15, 0.2) is 0 Å². The van der Waals surface area contributed by atoms with Crippen LogP contribution in [0.1, 0.15) is 12.0 Å². The second-order valence-electron chi connectivity index (χ2n) is 4.85. The summed E-state index contributed by atoms with van der Waals surface area (Å²) in [5.41, 5.74) is 0.531. The maximum atomic E-state index is 12.7. The van der Waals surface area contributed by atoms with Crippen LogP contribution in [0.4, 0.5) is 0 Å². The molecule has 0 aliphatic carbocycles. The monoisotopic (exact) mass is 333 g/mol. The van der Waals surface area contributed by atoms with Crippen LogP contribution in [-0.2, 0) is 19.6 Å². The second kappa shape index (κ2) is 6.31. The van der Waals surface area contributed by atoms with Crippen molar-refractivity contribution in [3.05, 3.63) is 28.8 Å². The quantitative estimate of drug-likeness (QED) is 0.903. The van der Waals surface area contributed by atoms with Gasteiger partial charge >= 0.3 is 5.97 Å². The number of halogens is 1. The number of hydrogen-bond acceptors (Lipinski definition) is 4. The van der Waals surface area contributed by atoms with Crippen LogP contribution in [0.25, 0.3) is 0 Å². The molecule has 1 aromatic rings. The van der Waals surface area contributed by atoms with E-state index in [1.807, 2.05) is 0 Å². The van der Waals surface area contributed by atoms with Crippen molar-refractivity contribution < 1.29 is 23.1 Å². The predicted molar refractivity (Wildman–Crippen MR) is 76.9 cm³/mol. The molecule has 0 amide bonds. The van der Waals surface area contributed by atoms with Crippen molar-refractivity contribution in [1.82, 2.24) is 4.31 Å². The Kier molecular flexibility index (Phi) is 4.88. The highest BCUT2D eigenvalue weighted by atomic mass is 35.5. The number of ether oxygens (including phenoxy) is 1. The molecule has 0 radical (unpaired) electrons. The van der Waals surface area contributed by atoms with E-state index in [-0.39, 0.29) is 31.1 Å². The van der Waals surface area contributed by atoms with E-state index in [1.54, 1.807) is 13.0 Å². The molecular formula is C13H16ClNO5S. The zero-order valence-electron chi connectivity index (χ0n) is 11.5. The van der Waals surface area contributed by atoms with E-state index in [2.05, 4.69) is 0 Å². The number of carboxylic acid groups (broad SMARTS) is 1. The largest absolute Gasteiger partial charge is 0.481 e. The lowest BCUT2D eigenvalue weighted by atomic mass is 10.2. The molecule has 8 heteroatoms.